The van der Waals surface area contributed by atoms with Crippen LogP contribution in [0.4, 0.5) is 0 Å². The monoisotopic (exact) mass is 158 g/mol. The molecule has 0 aromatic heterocycles. The van der Waals surface area contributed by atoms with Crippen LogP contribution in [-0.4, -0.2) is 19.8 Å². The lowest BCUT2D eigenvalue weighted by Gasteiger charge is -2.23. The first-order valence-corrected chi connectivity index (χ1v) is 4.66. The van der Waals surface area contributed by atoms with Crippen molar-refractivity contribution in [3.8, 4) is 0 Å². The van der Waals surface area contributed by atoms with Crippen molar-refractivity contribution in [2.75, 3.05) is 13.6 Å². The Morgan fingerprint density at radius 1 is 1.27 bits per heavy atom. The summed E-state index contributed by atoms with van der Waals surface area (Å²) in [7, 11) is 2.01. The maximum Gasteiger partial charge on any atom is 0.0595 e. The molecule has 11 heavy (non-hydrogen) atoms. The fourth-order valence-corrected chi connectivity index (χ4v) is 1.12. The molecular formula is C9H22N2. The Labute approximate surface area is 70.8 Å². The van der Waals surface area contributed by atoms with Crippen molar-refractivity contribution in [1.82, 2.24) is 10.6 Å². The van der Waals surface area contributed by atoms with Crippen molar-refractivity contribution in [2.45, 2.75) is 39.8 Å². The quantitative estimate of drug-likeness (QED) is 0.573. The molecule has 0 aliphatic heterocycles. The Hall–Kier alpha value is -0.0800. The molecule has 0 spiro atoms. The van der Waals surface area contributed by atoms with Gasteiger partial charge in [0.15, 0.2) is 0 Å². The van der Waals surface area contributed by atoms with Crippen molar-refractivity contribution >= 4 is 0 Å². The molecule has 0 heterocycles. The molecule has 0 amide bonds. The van der Waals surface area contributed by atoms with Gasteiger partial charge in [-0.15, -0.1) is 0 Å². The van der Waals surface area contributed by atoms with Gasteiger partial charge in [-0.3, -0.25) is 0 Å². The molecule has 0 fully saturated rings. The van der Waals surface area contributed by atoms with E-state index < -0.39 is 0 Å². The van der Waals surface area contributed by atoms with Gasteiger partial charge in [0.25, 0.3) is 0 Å². The highest BCUT2D eigenvalue weighted by Gasteiger charge is 2.10. The standard InChI is InChI=1S/C9H22N2/c1-5-7-11-9(10-4)8(3)6-2/h8-11H,5-7H2,1-4H3. The first-order chi connectivity index (χ1) is 5.26. The highest BCUT2D eigenvalue weighted by molar-refractivity contribution is 4.67. The lowest BCUT2D eigenvalue weighted by Crippen LogP contribution is -2.45. The summed E-state index contributed by atoms with van der Waals surface area (Å²) in [6, 6.07) is 0. The molecule has 0 aliphatic rings. The zero-order valence-electron chi connectivity index (χ0n) is 8.28. The molecule has 0 saturated carbocycles. The average Bonchev–Trinajstić information content (AvgIpc) is 2.05. The van der Waals surface area contributed by atoms with Gasteiger partial charge in [-0.05, 0) is 25.9 Å². The summed E-state index contributed by atoms with van der Waals surface area (Å²) in [6.07, 6.45) is 2.91. The van der Waals surface area contributed by atoms with Crippen LogP contribution in [0.15, 0.2) is 0 Å². The Bertz CT molecular complexity index is 83.6. The SMILES string of the molecule is CCCNC(NC)C(C)CC. The van der Waals surface area contributed by atoms with Crippen molar-refractivity contribution in [3.05, 3.63) is 0 Å². The van der Waals surface area contributed by atoms with Crippen molar-refractivity contribution < 1.29 is 0 Å². The van der Waals surface area contributed by atoms with Gasteiger partial charge >= 0.3 is 0 Å². The second-order valence-electron chi connectivity index (χ2n) is 3.11. The third kappa shape index (κ3) is 4.38. The Balaban J connectivity index is 3.56. The number of hydrogen-bond acceptors (Lipinski definition) is 2. The Morgan fingerprint density at radius 2 is 1.91 bits per heavy atom. The van der Waals surface area contributed by atoms with E-state index in [2.05, 4.69) is 31.4 Å². The van der Waals surface area contributed by atoms with E-state index in [0.29, 0.717) is 12.1 Å². The van der Waals surface area contributed by atoms with E-state index in [9.17, 15) is 0 Å². The summed E-state index contributed by atoms with van der Waals surface area (Å²) in [4.78, 5) is 0. The van der Waals surface area contributed by atoms with Crippen LogP contribution in [0.2, 0.25) is 0 Å². The largest absolute Gasteiger partial charge is 0.305 e. The van der Waals surface area contributed by atoms with Crippen LogP contribution in [0.1, 0.15) is 33.6 Å². The first-order valence-electron chi connectivity index (χ1n) is 4.66. The van der Waals surface area contributed by atoms with Gasteiger partial charge in [-0.1, -0.05) is 27.2 Å². The Kier molecular flexibility index (Phi) is 6.57. The maximum absolute atomic E-state index is 3.46. The zero-order valence-corrected chi connectivity index (χ0v) is 8.28. The van der Waals surface area contributed by atoms with Gasteiger partial charge in [-0.25, -0.2) is 0 Å². The molecule has 2 nitrogen and oxygen atoms in total. The van der Waals surface area contributed by atoms with E-state index in [4.69, 9.17) is 0 Å². The minimum absolute atomic E-state index is 0.486. The van der Waals surface area contributed by atoms with Gasteiger partial charge < -0.3 is 10.6 Å². The van der Waals surface area contributed by atoms with Gasteiger partial charge in [0.05, 0.1) is 6.17 Å². The van der Waals surface area contributed by atoms with Crippen LogP contribution in [-0.2, 0) is 0 Å². The molecule has 0 bridgehead atoms. The van der Waals surface area contributed by atoms with Gasteiger partial charge in [0.1, 0.15) is 0 Å². The lowest BCUT2D eigenvalue weighted by molar-refractivity contribution is 0.328. The summed E-state index contributed by atoms with van der Waals surface area (Å²) in [5.41, 5.74) is 0. The second kappa shape index (κ2) is 6.62. The molecule has 0 radical (unpaired) electrons. The van der Waals surface area contributed by atoms with E-state index >= 15 is 0 Å². The van der Waals surface area contributed by atoms with E-state index in [1.807, 2.05) is 7.05 Å². The van der Waals surface area contributed by atoms with Crippen LogP contribution >= 0.6 is 0 Å². The van der Waals surface area contributed by atoms with Gasteiger partial charge in [-0.2, -0.15) is 0 Å². The van der Waals surface area contributed by atoms with Gasteiger partial charge in [0, 0.05) is 0 Å². The fraction of sp³-hybridized carbons (Fsp3) is 1.00. The fourth-order valence-electron chi connectivity index (χ4n) is 1.12. The predicted octanol–water partition coefficient (Wildman–Crippen LogP) is 1.58. The van der Waals surface area contributed by atoms with Crippen molar-refractivity contribution in [2.24, 2.45) is 5.92 Å². The number of hydrogen-bond donors (Lipinski definition) is 2. The molecule has 0 aliphatic carbocycles. The third-order valence-corrected chi connectivity index (χ3v) is 2.14. The smallest absolute Gasteiger partial charge is 0.0595 e. The molecule has 68 valence electrons. The minimum Gasteiger partial charge on any atom is -0.305 e. The Morgan fingerprint density at radius 3 is 2.27 bits per heavy atom. The normalized spacial score (nSPS) is 16.4. The minimum atomic E-state index is 0.486. The lowest BCUT2D eigenvalue weighted by atomic mass is 10.1. The molecule has 0 saturated heterocycles. The molecule has 2 N–H and O–H groups in total. The van der Waals surface area contributed by atoms with Crippen LogP contribution in [0, 0.1) is 5.92 Å². The molecule has 2 atom stereocenters. The van der Waals surface area contributed by atoms with Crippen molar-refractivity contribution in [3.63, 3.8) is 0 Å². The molecule has 2 heteroatoms. The highest BCUT2D eigenvalue weighted by atomic mass is 15.1. The van der Waals surface area contributed by atoms with E-state index in [1.165, 1.54) is 12.8 Å². The molecule has 0 aromatic carbocycles. The summed E-state index contributed by atoms with van der Waals surface area (Å²) in [5, 5.41) is 6.74. The summed E-state index contributed by atoms with van der Waals surface area (Å²) < 4.78 is 0. The summed E-state index contributed by atoms with van der Waals surface area (Å²) >= 11 is 0. The van der Waals surface area contributed by atoms with Crippen molar-refractivity contribution in [1.29, 1.82) is 0 Å². The summed E-state index contributed by atoms with van der Waals surface area (Å²) in [5.74, 6) is 0.714. The van der Waals surface area contributed by atoms with Gasteiger partial charge in [0.2, 0.25) is 0 Å². The second-order valence-corrected chi connectivity index (χ2v) is 3.11. The predicted molar refractivity (Wildman–Crippen MR) is 50.6 cm³/mol. The van der Waals surface area contributed by atoms with E-state index in [0.717, 1.165) is 6.54 Å². The van der Waals surface area contributed by atoms with Crippen LogP contribution < -0.4 is 10.6 Å². The molecular weight excluding hydrogens is 136 g/mol. The molecule has 2 unspecified atom stereocenters. The molecule has 0 rings (SSSR count). The molecule has 0 aromatic rings. The first kappa shape index (κ1) is 10.9. The van der Waals surface area contributed by atoms with E-state index in [1.54, 1.807) is 0 Å². The van der Waals surface area contributed by atoms with Crippen LogP contribution in [0.25, 0.3) is 0 Å². The van der Waals surface area contributed by atoms with Crippen LogP contribution in [0.3, 0.4) is 0 Å². The topological polar surface area (TPSA) is 24.1 Å². The van der Waals surface area contributed by atoms with E-state index in [-0.39, 0.29) is 0 Å². The number of nitrogens with one attached hydrogen (secondary N) is 2. The maximum atomic E-state index is 3.46. The summed E-state index contributed by atoms with van der Waals surface area (Å²) in [6.45, 7) is 7.79. The highest BCUT2D eigenvalue weighted by Crippen LogP contribution is 2.03. The number of rotatable bonds is 6. The van der Waals surface area contributed by atoms with Crippen LogP contribution in [0.5, 0.6) is 0 Å². The third-order valence-electron chi connectivity index (χ3n) is 2.14. The zero-order chi connectivity index (χ0) is 8.69. The average molecular weight is 158 g/mol.